The van der Waals surface area contributed by atoms with Crippen LogP contribution in [0, 0.1) is 11.6 Å². The van der Waals surface area contributed by atoms with Gasteiger partial charge in [-0.25, -0.2) is 8.78 Å². The lowest BCUT2D eigenvalue weighted by atomic mass is 10.2. The second-order valence-electron chi connectivity index (χ2n) is 6.32. The molecule has 1 amide bonds. The van der Waals surface area contributed by atoms with Crippen molar-refractivity contribution in [1.82, 2.24) is 19.7 Å². The van der Waals surface area contributed by atoms with Gasteiger partial charge in [0.05, 0.1) is 5.75 Å². The number of pyridine rings is 1. The molecule has 0 spiro atoms. The summed E-state index contributed by atoms with van der Waals surface area (Å²) in [6.45, 7) is 0. The quantitative estimate of drug-likeness (QED) is 0.372. The first kappa shape index (κ1) is 21.1. The van der Waals surface area contributed by atoms with E-state index in [0.29, 0.717) is 11.0 Å². The molecule has 4 rings (SSSR count). The molecule has 2 heterocycles. The van der Waals surface area contributed by atoms with Gasteiger partial charge in [0, 0.05) is 39.9 Å². The van der Waals surface area contributed by atoms with E-state index in [1.807, 2.05) is 41.0 Å². The SMILES string of the molecule is O=C(CSc1nnc(-c2ccncc2)n1-c1ccc(Br)cc1)Nc1ccc(F)c(F)c1. The van der Waals surface area contributed by atoms with Crippen molar-refractivity contribution in [3.05, 3.63) is 83.1 Å². The van der Waals surface area contributed by atoms with Crippen LogP contribution in [-0.2, 0) is 4.79 Å². The Morgan fingerprint density at radius 1 is 1.00 bits per heavy atom. The van der Waals surface area contributed by atoms with Crippen LogP contribution in [0.1, 0.15) is 0 Å². The van der Waals surface area contributed by atoms with E-state index in [0.717, 1.165) is 27.9 Å². The number of hydrogen-bond acceptors (Lipinski definition) is 5. The van der Waals surface area contributed by atoms with Gasteiger partial charge >= 0.3 is 0 Å². The summed E-state index contributed by atoms with van der Waals surface area (Å²) < 4.78 is 29.2. The second kappa shape index (κ2) is 9.36. The van der Waals surface area contributed by atoms with Crippen molar-refractivity contribution in [2.24, 2.45) is 0 Å². The van der Waals surface area contributed by atoms with Crippen LogP contribution < -0.4 is 5.32 Å². The van der Waals surface area contributed by atoms with Crippen LogP contribution >= 0.6 is 27.7 Å². The highest BCUT2D eigenvalue weighted by molar-refractivity contribution is 9.10. The fourth-order valence-electron chi connectivity index (χ4n) is 2.78. The van der Waals surface area contributed by atoms with Crippen LogP contribution in [0.3, 0.4) is 0 Å². The van der Waals surface area contributed by atoms with Gasteiger partial charge in [-0.3, -0.25) is 14.3 Å². The Balaban J connectivity index is 1.57. The maximum atomic E-state index is 13.4. The van der Waals surface area contributed by atoms with Crippen molar-refractivity contribution in [3.63, 3.8) is 0 Å². The highest BCUT2D eigenvalue weighted by atomic mass is 79.9. The number of carbonyl (C=O) groups is 1. The third-order valence-electron chi connectivity index (χ3n) is 4.19. The average Bonchev–Trinajstić information content (AvgIpc) is 3.20. The molecule has 156 valence electrons. The lowest BCUT2D eigenvalue weighted by Gasteiger charge is -2.11. The first-order valence-electron chi connectivity index (χ1n) is 9.01. The van der Waals surface area contributed by atoms with Crippen molar-refractivity contribution >= 4 is 39.3 Å². The number of nitrogens with one attached hydrogen (secondary N) is 1. The summed E-state index contributed by atoms with van der Waals surface area (Å²) >= 11 is 4.60. The predicted molar refractivity (Wildman–Crippen MR) is 118 cm³/mol. The number of nitrogens with zero attached hydrogens (tertiary/aromatic N) is 4. The summed E-state index contributed by atoms with van der Waals surface area (Å²) in [5.41, 5.74) is 1.82. The van der Waals surface area contributed by atoms with Crippen LogP contribution in [0.25, 0.3) is 17.1 Å². The van der Waals surface area contributed by atoms with Gasteiger partial charge in [-0.15, -0.1) is 10.2 Å². The van der Waals surface area contributed by atoms with E-state index in [1.54, 1.807) is 12.4 Å². The molecule has 0 aliphatic rings. The number of rotatable bonds is 6. The Morgan fingerprint density at radius 3 is 2.45 bits per heavy atom. The second-order valence-corrected chi connectivity index (χ2v) is 8.18. The van der Waals surface area contributed by atoms with Gasteiger partial charge in [0.25, 0.3) is 0 Å². The van der Waals surface area contributed by atoms with Crippen LogP contribution in [0.15, 0.2) is 76.6 Å². The van der Waals surface area contributed by atoms with Gasteiger partial charge < -0.3 is 5.32 Å². The zero-order chi connectivity index (χ0) is 21.8. The number of aromatic nitrogens is 4. The molecule has 2 aromatic carbocycles. The maximum absolute atomic E-state index is 13.4. The molecule has 0 saturated heterocycles. The monoisotopic (exact) mass is 501 g/mol. The number of benzene rings is 2. The van der Waals surface area contributed by atoms with Crippen molar-refractivity contribution in [3.8, 4) is 17.1 Å². The van der Waals surface area contributed by atoms with E-state index in [9.17, 15) is 13.6 Å². The number of halogens is 3. The summed E-state index contributed by atoms with van der Waals surface area (Å²) in [7, 11) is 0. The molecule has 2 aromatic heterocycles. The lowest BCUT2D eigenvalue weighted by Crippen LogP contribution is -2.15. The third kappa shape index (κ3) is 4.97. The number of thioether (sulfide) groups is 1. The average molecular weight is 502 g/mol. The molecule has 0 aliphatic heterocycles. The molecule has 6 nitrogen and oxygen atoms in total. The molecule has 0 aliphatic carbocycles. The Bertz CT molecular complexity index is 1220. The Morgan fingerprint density at radius 2 is 1.74 bits per heavy atom. The molecular formula is C21H14BrF2N5OS. The summed E-state index contributed by atoms with van der Waals surface area (Å²) in [5, 5.41) is 11.6. The maximum Gasteiger partial charge on any atom is 0.234 e. The molecular weight excluding hydrogens is 488 g/mol. The third-order valence-corrected chi connectivity index (χ3v) is 5.65. The predicted octanol–water partition coefficient (Wildman–Crippen LogP) is 5.10. The van der Waals surface area contributed by atoms with E-state index in [-0.39, 0.29) is 17.3 Å². The van der Waals surface area contributed by atoms with Crippen molar-refractivity contribution in [2.75, 3.05) is 11.1 Å². The largest absolute Gasteiger partial charge is 0.325 e. The molecule has 0 fully saturated rings. The van der Waals surface area contributed by atoms with E-state index < -0.39 is 11.6 Å². The van der Waals surface area contributed by atoms with E-state index >= 15 is 0 Å². The Hall–Kier alpha value is -3.11. The smallest absolute Gasteiger partial charge is 0.234 e. The van der Waals surface area contributed by atoms with Gasteiger partial charge in [0.1, 0.15) is 0 Å². The molecule has 0 unspecified atom stereocenters. The van der Waals surface area contributed by atoms with E-state index in [2.05, 4.69) is 36.4 Å². The van der Waals surface area contributed by atoms with Gasteiger partial charge in [-0.05, 0) is 48.5 Å². The Kier molecular flexibility index (Phi) is 6.38. The molecule has 4 aromatic rings. The number of anilines is 1. The van der Waals surface area contributed by atoms with E-state index in [4.69, 9.17) is 0 Å². The fourth-order valence-corrected chi connectivity index (χ4v) is 3.79. The number of carbonyl (C=O) groups excluding carboxylic acids is 1. The normalized spacial score (nSPS) is 10.8. The summed E-state index contributed by atoms with van der Waals surface area (Å²) in [6, 6.07) is 14.5. The molecule has 0 bridgehead atoms. The zero-order valence-corrected chi connectivity index (χ0v) is 18.2. The summed E-state index contributed by atoms with van der Waals surface area (Å²) in [5.74, 6) is -1.77. The van der Waals surface area contributed by atoms with Crippen molar-refractivity contribution in [1.29, 1.82) is 0 Å². The van der Waals surface area contributed by atoms with Gasteiger partial charge in [0.2, 0.25) is 5.91 Å². The summed E-state index contributed by atoms with van der Waals surface area (Å²) in [6.07, 6.45) is 3.33. The minimum absolute atomic E-state index is 0.00397. The van der Waals surface area contributed by atoms with Gasteiger partial charge in [-0.1, -0.05) is 27.7 Å². The molecule has 1 N–H and O–H groups in total. The van der Waals surface area contributed by atoms with Crippen molar-refractivity contribution in [2.45, 2.75) is 5.16 Å². The summed E-state index contributed by atoms with van der Waals surface area (Å²) in [4.78, 5) is 16.4. The molecule has 31 heavy (non-hydrogen) atoms. The number of hydrogen-bond donors (Lipinski definition) is 1. The van der Waals surface area contributed by atoms with E-state index in [1.165, 1.54) is 17.8 Å². The highest BCUT2D eigenvalue weighted by Gasteiger charge is 2.17. The van der Waals surface area contributed by atoms with Crippen LogP contribution in [-0.4, -0.2) is 31.4 Å². The molecule has 0 radical (unpaired) electrons. The first-order chi connectivity index (χ1) is 15.0. The fraction of sp³-hybridized carbons (Fsp3) is 0.0476. The lowest BCUT2D eigenvalue weighted by molar-refractivity contribution is -0.113. The highest BCUT2D eigenvalue weighted by Crippen LogP contribution is 2.28. The van der Waals surface area contributed by atoms with Gasteiger partial charge in [0.15, 0.2) is 22.6 Å². The van der Waals surface area contributed by atoms with Crippen LogP contribution in [0.2, 0.25) is 0 Å². The van der Waals surface area contributed by atoms with Crippen molar-refractivity contribution < 1.29 is 13.6 Å². The number of amides is 1. The Labute approximate surface area is 188 Å². The van der Waals surface area contributed by atoms with Crippen LogP contribution in [0.5, 0.6) is 0 Å². The molecule has 0 atom stereocenters. The minimum Gasteiger partial charge on any atom is -0.325 e. The van der Waals surface area contributed by atoms with Crippen LogP contribution in [0.4, 0.5) is 14.5 Å². The topological polar surface area (TPSA) is 72.7 Å². The van der Waals surface area contributed by atoms with Gasteiger partial charge in [-0.2, -0.15) is 0 Å². The standard InChI is InChI=1S/C21H14BrF2N5OS/c22-14-1-4-16(5-2-14)29-20(13-7-9-25-10-8-13)27-28-21(29)31-12-19(30)26-15-3-6-17(23)18(24)11-15/h1-11H,12H2,(H,26,30). The first-order valence-corrected chi connectivity index (χ1v) is 10.8. The molecule has 10 heteroatoms. The molecule has 0 saturated carbocycles. The zero-order valence-electron chi connectivity index (χ0n) is 15.8. The minimum atomic E-state index is -1.03.